The molecule has 0 aliphatic heterocycles. The molecule has 16 heavy (non-hydrogen) atoms. The van der Waals surface area contributed by atoms with Crippen molar-refractivity contribution >= 4 is 0 Å². The Morgan fingerprint density at radius 3 is 2.75 bits per heavy atom. The summed E-state index contributed by atoms with van der Waals surface area (Å²) in [6.07, 6.45) is 1.81. The summed E-state index contributed by atoms with van der Waals surface area (Å²) in [5.74, 6) is 2.08. The fraction of sp³-hybridized carbons (Fsp3) is 0.308. The lowest BCUT2D eigenvalue weighted by atomic mass is 10.0. The molecular formula is C13H16N2O. The Morgan fingerprint density at radius 2 is 2.19 bits per heavy atom. The van der Waals surface area contributed by atoms with Crippen LogP contribution in [0.2, 0.25) is 0 Å². The molecule has 1 N–H and O–H groups in total. The molecule has 0 spiro atoms. The fourth-order valence-electron chi connectivity index (χ4n) is 1.78. The van der Waals surface area contributed by atoms with Crippen LogP contribution in [0.5, 0.6) is 0 Å². The molecule has 2 rings (SSSR count). The lowest BCUT2D eigenvalue weighted by Crippen LogP contribution is -2.18. The van der Waals surface area contributed by atoms with Gasteiger partial charge in [0, 0.05) is 12.7 Å². The second-order valence-corrected chi connectivity index (χ2v) is 3.81. The number of likely N-dealkylation sites (N-methyl/N-ethyl adjacent to an activating group) is 1. The zero-order valence-electron chi connectivity index (χ0n) is 9.60. The van der Waals surface area contributed by atoms with E-state index in [-0.39, 0.29) is 5.92 Å². The van der Waals surface area contributed by atoms with Gasteiger partial charge < -0.3 is 9.73 Å². The van der Waals surface area contributed by atoms with Gasteiger partial charge >= 0.3 is 0 Å². The molecule has 2 aromatic rings. The van der Waals surface area contributed by atoms with Gasteiger partial charge in [-0.05, 0) is 38.2 Å². The van der Waals surface area contributed by atoms with Crippen LogP contribution in [0.15, 0.2) is 40.9 Å². The zero-order chi connectivity index (χ0) is 11.4. The minimum absolute atomic E-state index is 0.180. The van der Waals surface area contributed by atoms with Crippen LogP contribution in [-0.4, -0.2) is 18.6 Å². The van der Waals surface area contributed by atoms with Crippen molar-refractivity contribution in [3.8, 4) is 0 Å². The van der Waals surface area contributed by atoms with E-state index >= 15 is 0 Å². The van der Waals surface area contributed by atoms with Crippen LogP contribution in [0, 0.1) is 6.92 Å². The van der Waals surface area contributed by atoms with Gasteiger partial charge in [0.15, 0.2) is 0 Å². The topological polar surface area (TPSA) is 38.1 Å². The lowest BCUT2D eigenvalue weighted by Gasteiger charge is -2.13. The first-order valence-electron chi connectivity index (χ1n) is 5.43. The quantitative estimate of drug-likeness (QED) is 0.852. The summed E-state index contributed by atoms with van der Waals surface area (Å²) < 4.78 is 5.67. The predicted molar refractivity (Wildman–Crippen MR) is 63.5 cm³/mol. The number of aromatic nitrogens is 1. The molecule has 2 heterocycles. The average molecular weight is 216 g/mol. The van der Waals surface area contributed by atoms with E-state index in [2.05, 4.69) is 10.3 Å². The zero-order valence-corrected chi connectivity index (χ0v) is 9.60. The van der Waals surface area contributed by atoms with Crippen LogP contribution in [0.4, 0.5) is 0 Å². The maximum atomic E-state index is 5.67. The average Bonchev–Trinajstić information content (AvgIpc) is 2.74. The van der Waals surface area contributed by atoms with Gasteiger partial charge in [-0.1, -0.05) is 6.07 Å². The molecule has 84 valence electrons. The van der Waals surface area contributed by atoms with Gasteiger partial charge in [0.25, 0.3) is 0 Å². The van der Waals surface area contributed by atoms with Gasteiger partial charge in [-0.15, -0.1) is 0 Å². The van der Waals surface area contributed by atoms with Crippen LogP contribution in [0.25, 0.3) is 0 Å². The maximum absolute atomic E-state index is 5.67. The first kappa shape index (κ1) is 10.9. The molecule has 1 unspecified atom stereocenters. The summed E-state index contributed by atoms with van der Waals surface area (Å²) in [6.45, 7) is 2.78. The van der Waals surface area contributed by atoms with E-state index in [1.807, 2.05) is 50.5 Å². The number of furan rings is 1. The first-order chi connectivity index (χ1) is 7.81. The lowest BCUT2D eigenvalue weighted by molar-refractivity contribution is 0.454. The SMILES string of the molecule is CNCC(c1ccccn1)c1ccc(C)o1. The normalized spacial score (nSPS) is 12.6. The van der Waals surface area contributed by atoms with Crippen molar-refractivity contribution in [3.05, 3.63) is 53.7 Å². The monoisotopic (exact) mass is 216 g/mol. The molecule has 3 heteroatoms. The Balaban J connectivity index is 2.31. The minimum Gasteiger partial charge on any atom is -0.466 e. The number of nitrogens with zero attached hydrogens (tertiary/aromatic N) is 1. The number of hydrogen-bond acceptors (Lipinski definition) is 3. The molecule has 0 aliphatic rings. The van der Waals surface area contributed by atoms with Crippen molar-refractivity contribution in [2.45, 2.75) is 12.8 Å². The van der Waals surface area contributed by atoms with Crippen molar-refractivity contribution in [2.24, 2.45) is 0 Å². The molecule has 0 saturated carbocycles. The van der Waals surface area contributed by atoms with Gasteiger partial charge in [0.05, 0.1) is 11.6 Å². The number of nitrogens with one attached hydrogen (secondary N) is 1. The third-order valence-electron chi connectivity index (χ3n) is 2.56. The molecule has 0 fully saturated rings. The summed E-state index contributed by atoms with van der Waals surface area (Å²) in [5.41, 5.74) is 1.03. The summed E-state index contributed by atoms with van der Waals surface area (Å²) >= 11 is 0. The molecule has 0 radical (unpaired) electrons. The second kappa shape index (κ2) is 4.94. The van der Waals surface area contributed by atoms with E-state index < -0.39 is 0 Å². The third kappa shape index (κ3) is 2.31. The van der Waals surface area contributed by atoms with Gasteiger partial charge in [0.2, 0.25) is 0 Å². The summed E-state index contributed by atoms with van der Waals surface area (Å²) in [4.78, 5) is 4.38. The maximum Gasteiger partial charge on any atom is 0.114 e. The molecule has 1 atom stereocenters. The Hall–Kier alpha value is -1.61. The highest BCUT2D eigenvalue weighted by Crippen LogP contribution is 2.23. The van der Waals surface area contributed by atoms with Gasteiger partial charge in [0.1, 0.15) is 11.5 Å². The summed E-state index contributed by atoms with van der Waals surface area (Å²) in [5, 5.41) is 3.17. The van der Waals surface area contributed by atoms with E-state index in [9.17, 15) is 0 Å². The van der Waals surface area contributed by atoms with Crippen molar-refractivity contribution in [3.63, 3.8) is 0 Å². The Morgan fingerprint density at radius 1 is 1.31 bits per heavy atom. The van der Waals surface area contributed by atoms with Crippen molar-refractivity contribution in [1.82, 2.24) is 10.3 Å². The molecule has 0 bridgehead atoms. The van der Waals surface area contributed by atoms with E-state index in [0.29, 0.717) is 0 Å². The fourth-order valence-corrected chi connectivity index (χ4v) is 1.78. The predicted octanol–water partition coefficient (Wildman–Crippen LogP) is 2.33. The second-order valence-electron chi connectivity index (χ2n) is 3.81. The number of rotatable bonds is 4. The van der Waals surface area contributed by atoms with E-state index in [1.165, 1.54) is 0 Å². The number of hydrogen-bond donors (Lipinski definition) is 1. The van der Waals surface area contributed by atoms with Gasteiger partial charge in [-0.25, -0.2) is 0 Å². The highest BCUT2D eigenvalue weighted by molar-refractivity contribution is 5.22. The van der Waals surface area contributed by atoms with Crippen molar-refractivity contribution in [1.29, 1.82) is 0 Å². The van der Waals surface area contributed by atoms with Crippen LogP contribution in [0.3, 0.4) is 0 Å². The molecule has 0 amide bonds. The molecule has 0 saturated heterocycles. The number of aryl methyl sites for hydroxylation is 1. The molecule has 0 aliphatic carbocycles. The Kier molecular flexibility index (Phi) is 3.37. The Bertz CT molecular complexity index is 436. The molecule has 3 nitrogen and oxygen atoms in total. The first-order valence-corrected chi connectivity index (χ1v) is 5.43. The van der Waals surface area contributed by atoms with Crippen molar-refractivity contribution < 1.29 is 4.42 Å². The van der Waals surface area contributed by atoms with Crippen LogP contribution >= 0.6 is 0 Å². The van der Waals surface area contributed by atoms with Crippen LogP contribution in [-0.2, 0) is 0 Å². The Labute approximate surface area is 95.5 Å². The highest BCUT2D eigenvalue weighted by atomic mass is 16.3. The summed E-state index contributed by atoms with van der Waals surface area (Å²) in [6, 6.07) is 9.96. The van der Waals surface area contributed by atoms with Crippen molar-refractivity contribution in [2.75, 3.05) is 13.6 Å². The molecule has 0 aromatic carbocycles. The van der Waals surface area contributed by atoms with Gasteiger partial charge in [-0.2, -0.15) is 0 Å². The largest absolute Gasteiger partial charge is 0.466 e. The van der Waals surface area contributed by atoms with E-state index in [4.69, 9.17) is 4.42 Å². The molecule has 2 aromatic heterocycles. The third-order valence-corrected chi connectivity index (χ3v) is 2.56. The summed E-state index contributed by atoms with van der Waals surface area (Å²) in [7, 11) is 1.94. The number of pyridine rings is 1. The van der Waals surface area contributed by atoms with E-state index in [0.717, 1.165) is 23.8 Å². The standard InChI is InChI=1S/C13H16N2O/c1-10-6-7-13(16-10)11(9-14-2)12-5-3-4-8-15-12/h3-8,11,14H,9H2,1-2H3. The smallest absolute Gasteiger partial charge is 0.114 e. The highest BCUT2D eigenvalue weighted by Gasteiger charge is 2.17. The van der Waals surface area contributed by atoms with Gasteiger partial charge in [-0.3, -0.25) is 4.98 Å². The minimum atomic E-state index is 0.180. The molecular weight excluding hydrogens is 200 g/mol. The van der Waals surface area contributed by atoms with Crippen LogP contribution < -0.4 is 5.32 Å². The van der Waals surface area contributed by atoms with E-state index in [1.54, 1.807) is 0 Å². The van der Waals surface area contributed by atoms with Crippen LogP contribution in [0.1, 0.15) is 23.1 Å².